The molecule has 0 saturated carbocycles. The predicted octanol–water partition coefficient (Wildman–Crippen LogP) is 2.47. The number of benzene rings is 1. The summed E-state index contributed by atoms with van der Waals surface area (Å²) in [6.07, 6.45) is 1.37. The Hall–Kier alpha value is -1.62. The fourth-order valence-electron chi connectivity index (χ4n) is 2.05. The summed E-state index contributed by atoms with van der Waals surface area (Å²) in [7, 11) is 2.01. The Morgan fingerprint density at radius 2 is 2.17 bits per heavy atom. The van der Waals surface area contributed by atoms with E-state index in [0.717, 1.165) is 25.9 Å². The number of carbonyl (C=O) groups is 1. The second kappa shape index (κ2) is 5.82. The van der Waals surface area contributed by atoms with Crippen LogP contribution in [0.15, 0.2) is 24.3 Å². The summed E-state index contributed by atoms with van der Waals surface area (Å²) in [5.41, 5.74) is 0.533. The first-order valence-electron chi connectivity index (χ1n) is 6.05. The molecule has 1 atom stereocenters. The van der Waals surface area contributed by atoms with E-state index in [9.17, 15) is 9.18 Å². The SMILES string of the molecule is CN1CCC[C@@H](OC(=O)Nc2ccc(F)cc2)C1. The molecule has 1 amide bonds. The van der Waals surface area contributed by atoms with Gasteiger partial charge in [0.2, 0.25) is 0 Å². The van der Waals surface area contributed by atoms with Gasteiger partial charge in [0.25, 0.3) is 0 Å². The molecule has 1 aromatic carbocycles. The second-order valence-corrected chi connectivity index (χ2v) is 4.56. The molecule has 0 aliphatic carbocycles. The molecular formula is C13H17FN2O2. The number of hydrogen-bond donors (Lipinski definition) is 1. The van der Waals surface area contributed by atoms with Crippen LogP contribution in [0, 0.1) is 5.82 Å². The number of amides is 1. The van der Waals surface area contributed by atoms with Gasteiger partial charge in [-0.3, -0.25) is 5.32 Å². The number of rotatable bonds is 2. The summed E-state index contributed by atoms with van der Waals surface area (Å²) >= 11 is 0. The Balaban J connectivity index is 1.83. The first-order chi connectivity index (χ1) is 8.63. The van der Waals surface area contributed by atoms with Crippen molar-refractivity contribution in [3.63, 3.8) is 0 Å². The van der Waals surface area contributed by atoms with Crippen molar-refractivity contribution in [3.8, 4) is 0 Å². The highest BCUT2D eigenvalue weighted by molar-refractivity contribution is 5.84. The number of nitrogens with one attached hydrogen (secondary N) is 1. The summed E-state index contributed by atoms with van der Waals surface area (Å²) in [4.78, 5) is 13.8. The number of carbonyl (C=O) groups excluding carboxylic acids is 1. The second-order valence-electron chi connectivity index (χ2n) is 4.56. The molecule has 1 aromatic rings. The van der Waals surface area contributed by atoms with Crippen molar-refractivity contribution < 1.29 is 13.9 Å². The van der Waals surface area contributed by atoms with Gasteiger partial charge in [0.1, 0.15) is 11.9 Å². The van der Waals surface area contributed by atoms with Crippen LogP contribution in [0.4, 0.5) is 14.9 Å². The zero-order chi connectivity index (χ0) is 13.0. The number of nitrogens with zero attached hydrogens (tertiary/aromatic N) is 1. The monoisotopic (exact) mass is 252 g/mol. The number of hydrogen-bond acceptors (Lipinski definition) is 3. The molecule has 1 heterocycles. The quantitative estimate of drug-likeness (QED) is 0.879. The topological polar surface area (TPSA) is 41.6 Å². The Labute approximate surface area is 106 Å². The lowest BCUT2D eigenvalue weighted by atomic mass is 10.1. The summed E-state index contributed by atoms with van der Waals surface area (Å²) in [6.45, 7) is 1.80. The molecule has 18 heavy (non-hydrogen) atoms. The Bertz CT molecular complexity index is 408. The molecule has 5 heteroatoms. The van der Waals surface area contributed by atoms with Crippen LogP contribution in [0.1, 0.15) is 12.8 Å². The van der Waals surface area contributed by atoms with Crippen LogP contribution in [0.2, 0.25) is 0 Å². The number of likely N-dealkylation sites (N-methyl/N-ethyl adjacent to an activating group) is 1. The van der Waals surface area contributed by atoms with E-state index in [1.807, 2.05) is 7.05 Å². The van der Waals surface area contributed by atoms with Gasteiger partial charge in [-0.25, -0.2) is 9.18 Å². The van der Waals surface area contributed by atoms with E-state index in [2.05, 4.69) is 10.2 Å². The maximum Gasteiger partial charge on any atom is 0.411 e. The molecular weight excluding hydrogens is 235 g/mol. The van der Waals surface area contributed by atoms with Gasteiger partial charge < -0.3 is 9.64 Å². The van der Waals surface area contributed by atoms with Crippen LogP contribution in [-0.4, -0.2) is 37.2 Å². The van der Waals surface area contributed by atoms with Crippen molar-refractivity contribution in [3.05, 3.63) is 30.1 Å². The molecule has 1 saturated heterocycles. The molecule has 0 radical (unpaired) electrons. The van der Waals surface area contributed by atoms with Crippen molar-refractivity contribution in [2.45, 2.75) is 18.9 Å². The number of ether oxygens (including phenoxy) is 1. The van der Waals surface area contributed by atoms with Gasteiger partial charge in [-0.1, -0.05) is 0 Å². The summed E-state index contributed by atoms with van der Waals surface area (Å²) in [5, 5.41) is 2.58. The van der Waals surface area contributed by atoms with Crippen LogP contribution in [0.5, 0.6) is 0 Å². The fraction of sp³-hybridized carbons (Fsp3) is 0.462. The molecule has 0 spiro atoms. The lowest BCUT2D eigenvalue weighted by molar-refractivity contribution is 0.0593. The first-order valence-corrected chi connectivity index (χ1v) is 6.05. The Morgan fingerprint density at radius 1 is 1.44 bits per heavy atom. The maximum atomic E-state index is 12.7. The Kier molecular flexibility index (Phi) is 4.15. The van der Waals surface area contributed by atoms with Gasteiger partial charge in [-0.15, -0.1) is 0 Å². The van der Waals surface area contributed by atoms with Crippen LogP contribution in [-0.2, 0) is 4.74 Å². The average Bonchev–Trinajstić information content (AvgIpc) is 2.32. The van der Waals surface area contributed by atoms with E-state index >= 15 is 0 Å². The standard InChI is InChI=1S/C13H17FN2O2/c1-16-8-2-3-12(9-16)18-13(17)15-11-6-4-10(14)5-7-11/h4-7,12H,2-3,8-9H2,1H3,(H,15,17)/t12-/m1/s1. The van der Waals surface area contributed by atoms with E-state index in [1.165, 1.54) is 24.3 Å². The van der Waals surface area contributed by atoms with Crippen molar-refractivity contribution in [2.24, 2.45) is 0 Å². The third-order valence-corrected chi connectivity index (χ3v) is 2.95. The Morgan fingerprint density at radius 3 is 2.83 bits per heavy atom. The average molecular weight is 252 g/mol. The van der Waals surface area contributed by atoms with Crippen molar-refractivity contribution >= 4 is 11.8 Å². The highest BCUT2D eigenvalue weighted by Gasteiger charge is 2.20. The normalized spacial score (nSPS) is 20.4. The zero-order valence-electron chi connectivity index (χ0n) is 10.4. The van der Waals surface area contributed by atoms with E-state index < -0.39 is 6.09 Å². The van der Waals surface area contributed by atoms with E-state index in [4.69, 9.17) is 4.74 Å². The highest BCUT2D eigenvalue weighted by Crippen LogP contribution is 2.13. The van der Waals surface area contributed by atoms with Crippen LogP contribution in [0.25, 0.3) is 0 Å². The maximum absolute atomic E-state index is 12.7. The van der Waals surface area contributed by atoms with Crippen molar-refractivity contribution in [1.82, 2.24) is 4.90 Å². The molecule has 2 rings (SSSR count). The largest absolute Gasteiger partial charge is 0.445 e. The third-order valence-electron chi connectivity index (χ3n) is 2.95. The van der Waals surface area contributed by atoms with E-state index in [-0.39, 0.29) is 11.9 Å². The van der Waals surface area contributed by atoms with Crippen LogP contribution >= 0.6 is 0 Å². The molecule has 1 aliphatic rings. The molecule has 0 bridgehead atoms. The van der Waals surface area contributed by atoms with E-state index in [0.29, 0.717) is 5.69 Å². The molecule has 1 fully saturated rings. The van der Waals surface area contributed by atoms with Crippen molar-refractivity contribution in [1.29, 1.82) is 0 Å². The minimum Gasteiger partial charge on any atom is -0.445 e. The lowest BCUT2D eigenvalue weighted by Gasteiger charge is -2.29. The molecule has 0 aromatic heterocycles. The van der Waals surface area contributed by atoms with Gasteiger partial charge in [0.05, 0.1) is 0 Å². The van der Waals surface area contributed by atoms with Gasteiger partial charge in [0, 0.05) is 12.2 Å². The summed E-state index contributed by atoms with van der Waals surface area (Å²) in [6, 6.07) is 5.60. The zero-order valence-corrected chi connectivity index (χ0v) is 10.4. The predicted molar refractivity (Wildman–Crippen MR) is 67.0 cm³/mol. The third kappa shape index (κ3) is 3.70. The van der Waals surface area contributed by atoms with E-state index in [1.54, 1.807) is 0 Å². The first kappa shape index (κ1) is 12.8. The van der Waals surface area contributed by atoms with Crippen LogP contribution in [0.3, 0.4) is 0 Å². The summed E-state index contributed by atoms with van der Waals surface area (Å²) < 4.78 is 18.0. The number of piperidine rings is 1. The lowest BCUT2D eigenvalue weighted by Crippen LogP contribution is -2.38. The molecule has 4 nitrogen and oxygen atoms in total. The molecule has 98 valence electrons. The molecule has 1 aliphatic heterocycles. The van der Waals surface area contributed by atoms with Crippen LogP contribution < -0.4 is 5.32 Å². The number of anilines is 1. The van der Waals surface area contributed by atoms with Gasteiger partial charge in [-0.2, -0.15) is 0 Å². The number of halogens is 1. The van der Waals surface area contributed by atoms with Gasteiger partial charge in [0.15, 0.2) is 0 Å². The smallest absolute Gasteiger partial charge is 0.411 e. The highest BCUT2D eigenvalue weighted by atomic mass is 19.1. The molecule has 1 N–H and O–H groups in total. The van der Waals surface area contributed by atoms with Gasteiger partial charge >= 0.3 is 6.09 Å². The van der Waals surface area contributed by atoms with Gasteiger partial charge in [-0.05, 0) is 50.7 Å². The minimum absolute atomic E-state index is 0.0656. The number of likely N-dealkylation sites (tertiary alicyclic amines) is 1. The van der Waals surface area contributed by atoms with Crippen molar-refractivity contribution in [2.75, 3.05) is 25.5 Å². The minimum atomic E-state index is -0.484. The fourth-order valence-corrected chi connectivity index (χ4v) is 2.05. The summed E-state index contributed by atoms with van der Waals surface area (Å²) in [5.74, 6) is -0.331. The molecule has 0 unspecified atom stereocenters.